The minimum absolute atomic E-state index is 0. The molecule has 0 bridgehead atoms. The summed E-state index contributed by atoms with van der Waals surface area (Å²) < 4.78 is 5.22. The van der Waals surface area contributed by atoms with E-state index in [0.29, 0.717) is 26.1 Å². The van der Waals surface area contributed by atoms with Crippen LogP contribution < -0.4 is 10.5 Å². The molecule has 7 heteroatoms. The van der Waals surface area contributed by atoms with E-state index in [1.165, 1.54) is 0 Å². The van der Waals surface area contributed by atoms with Crippen molar-refractivity contribution in [3.05, 3.63) is 65.7 Å². The number of ether oxygens (including phenoxy) is 1. The van der Waals surface area contributed by atoms with E-state index in [-0.39, 0.29) is 30.8 Å². The molecule has 0 unspecified atom stereocenters. The van der Waals surface area contributed by atoms with E-state index in [0.717, 1.165) is 16.9 Å². The van der Waals surface area contributed by atoms with Crippen molar-refractivity contribution in [3.63, 3.8) is 0 Å². The Hall–Kier alpha value is -2.57. The molecular formula is C21H26ClN3O3. The van der Waals surface area contributed by atoms with Gasteiger partial charge in [-0.25, -0.2) is 0 Å². The predicted octanol–water partition coefficient (Wildman–Crippen LogP) is 1.86. The van der Waals surface area contributed by atoms with Crippen molar-refractivity contribution in [2.75, 3.05) is 26.7 Å². The number of rotatable bonds is 6. The number of piperazine rings is 1. The summed E-state index contributed by atoms with van der Waals surface area (Å²) in [5, 5.41) is 0. The lowest BCUT2D eigenvalue weighted by atomic mass is 10.1. The Kier molecular flexibility index (Phi) is 7.84. The molecule has 0 saturated carbocycles. The third-order valence-corrected chi connectivity index (χ3v) is 4.75. The number of nitrogens with zero attached hydrogens (tertiary/aromatic N) is 2. The zero-order valence-corrected chi connectivity index (χ0v) is 16.7. The first kappa shape index (κ1) is 21.7. The first-order chi connectivity index (χ1) is 13.1. The first-order valence-corrected chi connectivity index (χ1v) is 9.06. The van der Waals surface area contributed by atoms with Gasteiger partial charge in [-0.1, -0.05) is 42.5 Å². The van der Waals surface area contributed by atoms with E-state index in [4.69, 9.17) is 10.5 Å². The maximum atomic E-state index is 12.6. The van der Waals surface area contributed by atoms with Crippen LogP contribution in [0.15, 0.2) is 54.6 Å². The number of hydrogen-bond donors (Lipinski definition) is 1. The molecule has 0 spiro atoms. The standard InChI is InChI=1S/C21H25N3O3.ClH/c1-27-18-9-5-8-17(12-18)14-23-10-11-24(15-20(23)25)21(26)19(22)13-16-6-3-2-4-7-16;/h2-9,12,19H,10-11,13-15,22H2,1H3;1H/t19-;/m1./s1. The fraction of sp³-hybridized carbons (Fsp3) is 0.333. The summed E-state index contributed by atoms with van der Waals surface area (Å²) in [6.45, 7) is 1.58. The van der Waals surface area contributed by atoms with Crippen LogP contribution in [0.5, 0.6) is 5.75 Å². The highest BCUT2D eigenvalue weighted by atomic mass is 35.5. The Labute approximate surface area is 171 Å². The molecule has 0 radical (unpaired) electrons. The monoisotopic (exact) mass is 403 g/mol. The van der Waals surface area contributed by atoms with Crippen LogP contribution in [0.2, 0.25) is 0 Å². The molecule has 150 valence electrons. The summed E-state index contributed by atoms with van der Waals surface area (Å²) in [5.41, 5.74) is 8.10. The van der Waals surface area contributed by atoms with Gasteiger partial charge in [0.05, 0.1) is 19.7 Å². The highest BCUT2D eigenvalue weighted by molar-refractivity contribution is 5.88. The lowest BCUT2D eigenvalue weighted by molar-refractivity contribution is -0.146. The predicted molar refractivity (Wildman–Crippen MR) is 110 cm³/mol. The number of amides is 2. The van der Waals surface area contributed by atoms with Crippen LogP contribution in [0.4, 0.5) is 0 Å². The van der Waals surface area contributed by atoms with Crippen LogP contribution in [-0.4, -0.2) is 54.4 Å². The van der Waals surface area contributed by atoms with Gasteiger partial charge in [0, 0.05) is 19.6 Å². The molecule has 2 N–H and O–H groups in total. The van der Waals surface area contributed by atoms with Crippen molar-refractivity contribution in [2.45, 2.75) is 19.0 Å². The molecule has 2 aromatic rings. The fourth-order valence-corrected chi connectivity index (χ4v) is 3.24. The number of methoxy groups -OCH3 is 1. The van der Waals surface area contributed by atoms with Gasteiger partial charge < -0.3 is 20.3 Å². The van der Waals surface area contributed by atoms with E-state index < -0.39 is 6.04 Å². The highest BCUT2D eigenvalue weighted by Gasteiger charge is 2.29. The van der Waals surface area contributed by atoms with E-state index in [1.54, 1.807) is 16.9 Å². The second-order valence-electron chi connectivity index (χ2n) is 6.72. The molecule has 28 heavy (non-hydrogen) atoms. The Morgan fingerprint density at radius 1 is 1.11 bits per heavy atom. The zero-order valence-electron chi connectivity index (χ0n) is 15.9. The largest absolute Gasteiger partial charge is 0.497 e. The van der Waals surface area contributed by atoms with Gasteiger partial charge in [0.25, 0.3) is 0 Å². The quantitative estimate of drug-likeness (QED) is 0.798. The van der Waals surface area contributed by atoms with Gasteiger partial charge in [-0.05, 0) is 29.7 Å². The van der Waals surface area contributed by atoms with Gasteiger partial charge in [-0.15, -0.1) is 12.4 Å². The summed E-state index contributed by atoms with van der Waals surface area (Å²) in [5.74, 6) is 0.526. The number of carbonyl (C=O) groups is 2. The Balaban J connectivity index is 0.00000280. The van der Waals surface area contributed by atoms with Crippen LogP contribution in [0.3, 0.4) is 0 Å². The summed E-state index contributed by atoms with van der Waals surface area (Å²) in [7, 11) is 1.62. The summed E-state index contributed by atoms with van der Waals surface area (Å²) >= 11 is 0. The van der Waals surface area contributed by atoms with Crippen LogP contribution in [0.25, 0.3) is 0 Å². The van der Waals surface area contributed by atoms with Crippen molar-refractivity contribution < 1.29 is 14.3 Å². The maximum absolute atomic E-state index is 12.6. The third-order valence-electron chi connectivity index (χ3n) is 4.75. The van der Waals surface area contributed by atoms with Crippen molar-refractivity contribution in [1.29, 1.82) is 0 Å². The number of carbonyl (C=O) groups excluding carboxylic acids is 2. The molecule has 1 fully saturated rings. The van der Waals surface area contributed by atoms with E-state index >= 15 is 0 Å². The maximum Gasteiger partial charge on any atom is 0.242 e. The zero-order chi connectivity index (χ0) is 19.2. The summed E-state index contributed by atoms with van der Waals surface area (Å²) in [4.78, 5) is 28.5. The first-order valence-electron chi connectivity index (χ1n) is 9.06. The van der Waals surface area contributed by atoms with Crippen molar-refractivity contribution in [2.24, 2.45) is 5.73 Å². The fourth-order valence-electron chi connectivity index (χ4n) is 3.24. The normalized spacial score (nSPS) is 15.0. The second kappa shape index (κ2) is 10.1. The van der Waals surface area contributed by atoms with Crippen LogP contribution in [-0.2, 0) is 22.6 Å². The number of hydrogen-bond acceptors (Lipinski definition) is 4. The van der Waals surface area contributed by atoms with Gasteiger partial charge in [-0.3, -0.25) is 9.59 Å². The van der Waals surface area contributed by atoms with Gasteiger partial charge in [0.2, 0.25) is 11.8 Å². The molecule has 0 aromatic heterocycles. The molecule has 1 heterocycles. The Morgan fingerprint density at radius 3 is 2.50 bits per heavy atom. The van der Waals surface area contributed by atoms with E-state index in [9.17, 15) is 9.59 Å². The molecule has 1 aliphatic heterocycles. The molecule has 1 aliphatic rings. The topological polar surface area (TPSA) is 75.9 Å². The molecule has 0 aliphatic carbocycles. The van der Waals surface area contributed by atoms with Gasteiger partial charge >= 0.3 is 0 Å². The number of nitrogens with two attached hydrogens (primary N) is 1. The van der Waals surface area contributed by atoms with Crippen LogP contribution >= 0.6 is 12.4 Å². The highest BCUT2D eigenvalue weighted by Crippen LogP contribution is 2.16. The molecule has 2 amide bonds. The van der Waals surface area contributed by atoms with Gasteiger partial charge in [0.1, 0.15) is 5.75 Å². The van der Waals surface area contributed by atoms with E-state index in [1.807, 2.05) is 54.6 Å². The minimum atomic E-state index is -0.634. The van der Waals surface area contributed by atoms with Crippen molar-refractivity contribution in [3.8, 4) is 5.75 Å². The second-order valence-corrected chi connectivity index (χ2v) is 6.72. The van der Waals surface area contributed by atoms with E-state index in [2.05, 4.69) is 0 Å². The van der Waals surface area contributed by atoms with Gasteiger partial charge in [0.15, 0.2) is 0 Å². The smallest absolute Gasteiger partial charge is 0.242 e. The lowest BCUT2D eigenvalue weighted by Crippen LogP contribution is -2.55. The average Bonchev–Trinajstić information content (AvgIpc) is 2.70. The molecule has 2 aromatic carbocycles. The van der Waals surface area contributed by atoms with Crippen molar-refractivity contribution >= 4 is 24.2 Å². The lowest BCUT2D eigenvalue weighted by Gasteiger charge is -2.35. The number of halogens is 1. The van der Waals surface area contributed by atoms with Crippen LogP contribution in [0.1, 0.15) is 11.1 Å². The summed E-state index contributed by atoms with van der Waals surface area (Å²) in [6, 6.07) is 16.7. The average molecular weight is 404 g/mol. The molecule has 1 atom stereocenters. The SMILES string of the molecule is COc1cccc(CN2CCN(C(=O)[C@H](N)Cc3ccccc3)CC2=O)c1.Cl. The Bertz CT molecular complexity index is 800. The van der Waals surface area contributed by atoms with Crippen LogP contribution in [0, 0.1) is 0 Å². The van der Waals surface area contributed by atoms with Crippen molar-refractivity contribution in [1.82, 2.24) is 9.80 Å². The molecule has 1 saturated heterocycles. The Morgan fingerprint density at radius 2 is 1.82 bits per heavy atom. The molecule has 3 rings (SSSR count). The molecular weight excluding hydrogens is 378 g/mol. The number of benzene rings is 2. The third kappa shape index (κ3) is 5.47. The van der Waals surface area contributed by atoms with Gasteiger partial charge in [-0.2, -0.15) is 0 Å². The summed E-state index contributed by atoms with van der Waals surface area (Å²) in [6.07, 6.45) is 0.470. The molecule has 6 nitrogen and oxygen atoms in total. The minimum Gasteiger partial charge on any atom is -0.497 e.